The number of esters is 1. The summed E-state index contributed by atoms with van der Waals surface area (Å²) in [5.74, 6) is -8.92. The van der Waals surface area contributed by atoms with Crippen molar-refractivity contribution in [2.45, 2.75) is 92.3 Å². The Hall–Kier alpha value is -5.33. The highest BCUT2D eigenvalue weighted by Crippen LogP contribution is 2.52. The molecule has 58 heavy (non-hydrogen) atoms. The Bertz CT molecular complexity index is 2240. The fraction of sp³-hybridized carbons (Fsp3) is 0.432. The van der Waals surface area contributed by atoms with Crippen LogP contribution in [0.4, 0.5) is 0 Å². The van der Waals surface area contributed by atoms with Gasteiger partial charge in [-0.15, -0.1) is 0 Å². The van der Waals surface area contributed by atoms with E-state index >= 15 is 0 Å². The SMILES string of the molecule is NC1C=CC([C@@H]2CC[C@]3(Oc4cc5oc(-c6cc(O)c(O)c(CCO)c6)cc(=O)c5c(O)c42)O[C@H](C(=O)O[C@H]2O[C@H](C(=O)O)[C@@H](O)[C@H](O)[C@H]2O)[C@@H](O)[C@H](O)[C@H]3O)=CN1. The number of carboxylic acids is 1. The molecule has 1 unspecified atom stereocenters. The summed E-state index contributed by atoms with van der Waals surface area (Å²) < 4.78 is 28.4. The normalized spacial score (nSPS) is 33.4. The van der Waals surface area contributed by atoms with Gasteiger partial charge < -0.3 is 90.6 Å². The summed E-state index contributed by atoms with van der Waals surface area (Å²) in [6.07, 6.45) is -16.2. The largest absolute Gasteiger partial charge is 0.507 e. The number of carboxylic acid groups (broad SMARTS) is 1. The van der Waals surface area contributed by atoms with Gasteiger partial charge in [-0.3, -0.25) is 4.79 Å². The van der Waals surface area contributed by atoms with Crippen molar-refractivity contribution in [3.8, 4) is 34.3 Å². The van der Waals surface area contributed by atoms with Crippen molar-refractivity contribution in [3.05, 3.63) is 69.5 Å². The lowest BCUT2D eigenvalue weighted by Gasteiger charge is -2.47. The maximum absolute atomic E-state index is 13.7. The van der Waals surface area contributed by atoms with Crippen LogP contribution in [0.3, 0.4) is 0 Å². The number of aromatic hydroxyl groups is 3. The van der Waals surface area contributed by atoms with Crippen LogP contribution in [0.15, 0.2) is 57.4 Å². The summed E-state index contributed by atoms with van der Waals surface area (Å²) in [4.78, 5) is 38.9. The monoisotopic (exact) mass is 816 g/mol. The van der Waals surface area contributed by atoms with Gasteiger partial charge in [-0.25, -0.2) is 9.59 Å². The van der Waals surface area contributed by atoms with Crippen LogP contribution in [0, 0.1) is 0 Å². The highest BCUT2D eigenvalue weighted by Gasteiger charge is 2.60. The summed E-state index contributed by atoms with van der Waals surface area (Å²) >= 11 is 0. The average molecular weight is 817 g/mol. The van der Waals surface area contributed by atoms with E-state index in [4.69, 9.17) is 29.1 Å². The molecule has 3 aromatic rings. The van der Waals surface area contributed by atoms with Crippen LogP contribution >= 0.6 is 0 Å². The maximum atomic E-state index is 13.7. The average Bonchev–Trinajstić information content (AvgIpc) is 3.34. The molecule has 21 nitrogen and oxygen atoms in total. The van der Waals surface area contributed by atoms with Gasteiger partial charge in [-0.05, 0) is 36.6 Å². The second-order valence-electron chi connectivity index (χ2n) is 14.3. The molecule has 4 aliphatic heterocycles. The molecule has 1 spiro atoms. The second kappa shape index (κ2) is 15.4. The Balaban J connectivity index is 1.32. The third-order valence-corrected chi connectivity index (χ3v) is 10.6. The summed E-state index contributed by atoms with van der Waals surface area (Å²) in [5, 5.41) is 118. The number of nitrogens with one attached hydrogen (secondary N) is 1. The summed E-state index contributed by atoms with van der Waals surface area (Å²) in [7, 11) is 0. The quantitative estimate of drug-likeness (QED) is 0.0853. The van der Waals surface area contributed by atoms with Gasteiger partial charge >= 0.3 is 11.9 Å². The van der Waals surface area contributed by atoms with E-state index in [-0.39, 0.29) is 52.0 Å². The smallest absolute Gasteiger partial charge is 0.340 e. The van der Waals surface area contributed by atoms with Gasteiger partial charge in [0.05, 0.1) is 6.17 Å². The molecule has 12 atom stereocenters. The zero-order chi connectivity index (χ0) is 42.0. The van der Waals surface area contributed by atoms with Gasteiger partial charge in [-0.2, -0.15) is 0 Å². The first-order valence-electron chi connectivity index (χ1n) is 17.9. The first kappa shape index (κ1) is 40.9. The molecule has 312 valence electrons. The van der Waals surface area contributed by atoms with Crippen molar-refractivity contribution in [1.29, 1.82) is 0 Å². The Kier molecular flexibility index (Phi) is 10.9. The summed E-state index contributed by atoms with van der Waals surface area (Å²) in [6, 6.07) is 4.66. The van der Waals surface area contributed by atoms with Crippen LogP contribution < -0.4 is 21.2 Å². The molecule has 7 rings (SSSR count). The van der Waals surface area contributed by atoms with E-state index in [0.29, 0.717) is 5.57 Å². The third-order valence-electron chi connectivity index (χ3n) is 10.6. The van der Waals surface area contributed by atoms with Crippen LogP contribution in [0.1, 0.15) is 29.9 Å². The van der Waals surface area contributed by atoms with Crippen molar-refractivity contribution in [3.63, 3.8) is 0 Å². The molecule has 0 saturated carbocycles. The van der Waals surface area contributed by atoms with Crippen molar-refractivity contribution < 1.29 is 89.1 Å². The number of benzene rings is 2. The van der Waals surface area contributed by atoms with E-state index in [2.05, 4.69) is 5.32 Å². The highest BCUT2D eigenvalue weighted by molar-refractivity contribution is 5.89. The Morgan fingerprint density at radius 2 is 1.66 bits per heavy atom. The molecule has 1 aromatic heterocycles. The first-order valence-corrected chi connectivity index (χ1v) is 17.9. The predicted octanol–water partition coefficient (Wildman–Crippen LogP) is -2.69. The van der Waals surface area contributed by atoms with Gasteiger partial charge in [0, 0.05) is 54.0 Å². The number of aliphatic hydroxyl groups excluding tert-OH is 7. The molecule has 2 fully saturated rings. The molecule has 21 heteroatoms. The van der Waals surface area contributed by atoms with Crippen molar-refractivity contribution in [2.24, 2.45) is 5.73 Å². The first-order chi connectivity index (χ1) is 27.5. The minimum absolute atomic E-state index is 0.0355. The number of nitrogens with two attached hydrogens (primary N) is 1. The van der Waals surface area contributed by atoms with E-state index in [0.717, 1.165) is 12.1 Å². The number of aliphatic carboxylic acids is 1. The number of ether oxygens (including phenoxy) is 4. The van der Waals surface area contributed by atoms with E-state index in [1.165, 1.54) is 18.3 Å². The van der Waals surface area contributed by atoms with Crippen LogP contribution in [-0.2, 0) is 30.2 Å². The lowest BCUT2D eigenvalue weighted by atomic mass is 9.82. The number of rotatable bonds is 7. The molecule has 4 aliphatic rings. The number of dihydropyridines is 1. The molecule has 0 bridgehead atoms. The Labute approximate surface area is 325 Å². The summed E-state index contributed by atoms with van der Waals surface area (Å²) in [5.41, 5.74) is 5.55. The Morgan fingerprint density at radius 3 is 2.33 bits per heavy atom. The van der Waals surface area contributed by atoms with Gasteiger partial charge in [0.2, 0.25) is 12.1 Å². The maximum Gasteiger partial charge on any atom is 0.340 e. The number of carbonyl (C=O) groups is 2. The minimum Gasteiger partial charge on any atom is -0.507 e. The molecule has 0 aliphatic carbocycles. The molecule has 2 saturated heterocycles. The third kappa shape index (κ3) is 7.00. The summed E-state index contributed by atoms with van der Waals surface area (Å²) in [6.45, 7) is -0.390. The zero-order valence-electron chi connectivity index (χ0n) is 30.0. The van der Waals surface area contributed by atoms with Crippen LogP contribution in [0.25, 0.3) is 22.3 Å². The number of phenolic OH excluding ortho intramolecular Hbond substituents is 3. The second-order valence-corrected chi connectivity index (χ2v) is 14.3. The fourth-order valence-electron chi connectivity index (χ4n) is 7.57. The number of phenols is 3. The zero-order valence-corrected chi connectivity index (χ0v) is 30.0. The van der Waals surface area contributed by atoms with Crippen molar-refractivity contribution in [2.75, 3.05) is 6.61 Å². The molecule has 0 amide bonds. The van der Waals surface area contributed by atoms with Crippen LogP contribution in [0.2, 0.25) is 0 Å². The molecular formula is C37H40N2O19. The van der Waals surface area contributed by atoms with Gasteiger partial charge in [0.1, 0.15) is 64.9 Å². The van der Waals surface area contributed by atoms with E-state index in [9.17, 15) is 70.6 Å². The number of hydrogen-bond donors (Lipinski definition) is 13. The molecule has 5 heterocycles. The topological polar surface area (TPSA) is 362 Å². The van der Waals surface area contributed by atoms with Crippen LogP contribution in [-0.4, -0.2) is 142 Å². The number of allylic oxidation sites excluding steroid dienone is 2. The molecule has 0 radical (unpaired) electrons. The lowest BCUT2D eigenvalue weighted by molar-refractivity contribution is -0.338. The number of aliphatic hydroxyl groups is 7. The van der Waals surface area contributed by atoms with E-state index in [1.54, 1.807) is 12.2 Å². The van der Waals surface area contributed by atoms with Crippen molar-refractivity contribution >= 4 is 22.9 Å². The molecular weight excluding hydrogens is 776 g/mol. The minimum atomic E-state index is -2.47. The highest BCUT2D eigenvalue weighted by atomic mass is 16.8. The molecule has 14 N–H and O–H groups in total. The predicted molar refractivity (Wildman–Crippen MR) is 191 cm³/mol. The number of carbonyl (C=O) groups excluding carboxylic acids is 1. The molecule has 2 aromatic carbocycles. The lowest BCUT2D eigenvalue weighted by Crippen LogP contribution is -2.68. The van der Waals surface area contributed by atoms with Gasteiger partial charge in [0.15, 0.2) is 29.1 Å². The van der Waals surface area contributed by atoms with Crippen LogP contribution in [0.5, 0.6) is 23.0 Å². The standard InChI is InChI=1S/C37H40N2O19/c38-21-2-1-13(11-39-21)15-3-5-37(33(50)29(48)28(47)32(58-37)35(53)56-36-30(49)26(45)27(46)31(55-36)34(51)52)57-20-10-19-23(25(44)22(15)20)16(41)9-18(54-19)14-7-12(4-6-40)24(43)17(42)8-14/h1-2,7-11,15,21,26-33,36,39-40,42-50H,3-6,38H2,(H,51,52)/t15-,21?,26-,27-,28-,29-,30+,31-,32-,33+,36+,37-/m0/s1. The number of hydrogen-bond acceptors (Lipinski definition) is 20. The van der Waals surface area contributed by atoms with Gasteiger partial charge in [-0.1, -0.05) is 6.08 Å². The fourth-order valence-corrected chi connectivity index (χ4v) is 7.57. The van der Waals surface area contributed by atoms with Gasteiger partial charge in [0.25, 0.3) is 0 Å². The van der Waals surface area contributed by atoms with E-state index < -0.39 is 121 Å². The Morgan fingerprint density at radius 1 is 0.931 bits per heavy atom. The number of fused-ring (bicyclic) bond motifs is 2. The van der Waals surface area contributed by atoms with Crippen molar-refractivity contribution in [1.82, 2.24) is 5.32 Å². The van der Waals surface area contributed by atoms with E-state index in [1.807, 2.05) is 0 Å².